The van der Waals surface area contributed by atoms with Gasteiger partial charge in [-0.25, -0.2) is 4.79 Å². The second kappa shape index (κ2) is 9.14. The number of hydrogen-bond acceptors (Lipinski definition) is 5. The standard InChI is InChI=1S/C15H19BrN2O5/c1-9(2)18-13(19)7-17-14(20)8-23-15(21)10-4-5-12(22-3)11(16)6-10/h4-6,9H,7-8H2,1-3H3,(H,17,20)(H,18,19). The third kappa shape index (κ3) is 6.68. The van der Waals surface area contributed by atoms with Gasteiger partial charge >= 0.3 is 5.97 Å². The number of methoxy groups -OCH3 is 1. The first-order valence-electron chi connectivity index (χ1n) is 6.90. The second-order valence-corrected chi connectivity index (χ2v) is 5.78. The van der Waals surface area contributed by atoms with Gasteiger partial charge in [-0.05, 0) is 48.0 Å². The summed E-state index contributed by atoms with van der Waals surface area (Å²) in [6, 6.07) is 4.66. The van der Waals surface area contributed by atoms with E-state index in [4.69, 9.17) is 9.47 Å². The summed E-state index contributed by atoms with van der Waals surface area (Å²) in [5.41, 5.74) is 0.281. The molecule has 1 aromatic rings. The van der Waals surface area contributed by atoms with Crippen molar-refractivity contribution in [3.8, 4) is 5.75 Å². The number of hydrogen-bond donors (Lipinski definition) is 2. The van der Waals surface area contributed by atoms with Gasteiger partial charge in [0.15, 0.2) is 6.61 Å². The highest BCUT2D eigenvalue weighted by Crippen LogP contribution is 2.25. The SMILES string of the molecule is COc1ccc(C(=O)OCC(=O)NCC(=O)NC(C)C)cc1Br. The van der Waals surface area contributed by atoms with Crippen molar-refractivity contribution in [2.24, 2.45) is 0 Å². The molecule has 8 heteroatoms. The summed E-state index contributed by atoms with van der Waals surface area (Å²) in [6.45, 7) is 3.00. The third-order valence-corrected chi connectivity index (χ3v) is 3.24. The molecule has 126 valence electrons. The van der Waals surface area contributed by atoms with Crippen LogP contribution in [-0.2, 0) is 14.3 Å². The maximum absolute atomic E-state index is 11.8. The molecule has 0 heterocycles. The van der Waals surface area contributed by atoms with Gasteiger partial charge in [0.1, 0.15) is 5.75 Å². The highest BCUT2D eigenvalue weighted by atomic mass is 79.9. The summed E-state index contributed by atoms with van der Waals surface area (Å²) in [5, 5.41) is 4.99. The van der Waals surface area contributed by atoms with Crippen LogP contribution < -0.4 is 15.4 Å². The van der Waals surface area contributed by atoms with E-state index in [0.717, 1.165) is 0 Å². The minimum atomic E-state index is -0.643. The molecule has 0 bridgehead atoms. The van der Waals surface area contributed by atoms with Crippen molar-refractivity contribution < 1.29 is 23.9 Å². The first-order valence-corrected chi connectivity index (χ1v) is 7.69. The van der Waals surface area contributed by atoms with E-state index in [1.165, 1.54) is 19.2 Å². The summed E-state index contributed by atoms with van der Waals surface area (Å²) >= 11 is 3.26. The van der Waals surface area contributed by atoms with Crippen molar-refractivity contribution in [2.45, 2.75) is 19.9 Å². The zero-order valence-corrected chi connectivity index (χ0v) is 14.7. The number of rotatable bonds is 7. The molecule has 0 unspecified atom stereocenters. The molecule has 0 spiro atoms. The average Bonchev–Trinajstić information content (AvgIpc) is 2.49. The number of carbonyl (C=O) groups excluding carboxylic acids is 3. The van der Waals surface area contributed by atoms with Crippen molar-refractivity contribution in [3.63, 3.8) is 0 Å². The van der Waals surface area contributed by atoms with E-state index >= 15 is 0 Å². The molecule has 0 aliphatic rings. The molecule has 23 heavy (non-hydrogen) atoms. The van der Waals surface area contributed by atoms with Crippen LogP contribution in [0.3, 0.4) is 0 Å². The van der Waals surface area contributed by atoms with Crippen LogP contribution in [0, 0.1) is 0 Å². The summed E-state index contributed by atoms with van der Waals surface area (Å²) in [4.78, 5) is 34.7. The highest BCUT2D eigenvalue weighted by Gasteiger charge is 2.13. The Morgan fingerprint density at radius 2 is 1.91 bits per heavy atom. The molecule has 0 fully saturated rings. The summed E-state index contributed by atoms with van der Waals surface area (Å²) < 4.78 is 10.5. The quantitative estimate of drug-likeness (QED) is 0.687. The Morgan fingerprint density at radius 1 is 1.22 bits per heavy atom. The maximum atomic E-state index is 11.8. The van der Waals surface area contributed by atoms with E-state index in [9.17, 15) is 14.4 Å². The molecule has 7 nitrogen and oxygen atoms in total. The largest absolute Gasteiger partial charge is 0.496 e. The van der Waals surface area contributed by atoms with Crippen LogP contribution in [0.25, 0.3) is 0 Å². The monoisotopic (exact) mass is 386 g/mol. The molecule has 1 aromatic carbocycles. The fourth-order valence-electron chi connectivity index (χ4n) is 1.61. The predicted octanol–water partition coefficient (Wildman–Crippen LogP) is 1.26. The Balaban J connectivity index is 2.42. The lowest BCUT2D eigenvalue weighted by molar-refractivity contribution is -0.128. The van der Waals surface area contributed by atoms with Crippen LogP contribution in [-0.4, -0.2) is 44.1 Å². The lowest BCUT2D eigenvalue weighted by Crippen LogP contribution is -2.41. The van der Waals surface area contributed by atoms with Gasteiger partial charge in [0.25, 0.3) is 5.91 Å². The summed E-state index contributed by atoms with van der Waals surface area (Å²) in [6.07, 6.45) is 0. The fourth-order valence-corrected chi connectivity index (χ4v) is 2.15. The lowest BCUT2D eigenvalue weighted by atomic mass is 10.2. The average molecular weight is 387 g/mol. The molecular weight excluding hydrogens is 368 g/mol. The zero-order valence-electron chi connectivity index (χ0n) is 13.1. The normalized spacial score (nSPS) is 10.1. The zero-order chi connectivity index (χ0) is 17.4. The van der Waals surface area contributed by atoms with E-state index in [1.54, 1.807) is 6.07 Å². The van der Waals surface area contributed by atoms with Crippen molar-refractivity contribution >= 4 is 33.7 Å². The molecule has 0 radical (unpaired) electrons. The van der Waals surface area contributed by atoms with Crippen molar-refractivity contribution in [3.05, 3.63) is 28.2 Å². The number of amides is 2. The molecule has 0 saturated carbocycles. The Hall–Kier alpha value is -2.09. The number of ether oxygens (including phenoxy) is 2. The van der Waals surface area contributed by atoms with Gasteiger partial charge in [0.05, 0.1) is 23.7 Å². The van der Waals surface area contributed by atoms with Crippen molar-refractivity contribution in [2.75, 3.05) is 20.3 Å². The number of carbonyl (C=O) groups is 3. The Morgan fingerprint density at radius 3 is 2.48 bits per heavy atom. The summed E-state index contributed by atoms with van der Waals surface area (Å²) in [7, 11) is 1.51. The molecular formula is C15H19BrN2O5. The van der Waals surface area contributed by atoms with Gasteiger partial charge in [-0.2, -0.15) is 0 Å². The number of benzene rings is 1. The van der Waals surface area contributed by atoms with Crippen LogP contribution in [0.5, 0.6) is 5.75 Å². The number of halogens is 1. The van der Waals surface area contributed by atoms with E-state index in [-0.39, 0.29) is 24.1 Å². The van der Waals surface area contributed by atoms with Crippen LogP contribution in [0.2, 0.25) is 0 Å². The molecule has 0 aliphatic carbocycles. The number of nitrogens with one attached hydrogen (secondary N) is 2. The first-order chi connectivity index (χ1) is 10.8. The van der Waals surface area contributed by atoms with Crippen LogP contribution in [0.15, 0.2) is 22.7 Å². The van der Waals surface area contributed by atoms with Gasteiger partial charge in [-0.3, -0.25) is 9.59 Å². The third-order valence-electron chi connectivity index (χ3n) is 2.62. The summed E-state index contributed by atoms with van der Waals surface area (Å²) in [5.74, 6) is -0.922. The van der Waals surface area contributed by atoms with Crippen LogP contribution >= 0.6 is 15.9 Å². The van der Waals surface area contributed by atoms with Gasteiger partial charge < -0.3 is 20.1 Å². The van der Waals surface area contributed by atoms with Crippen molar-refractivity contribution in [1.29, 1.82) is 0 Å². The lowest BCUT2D eigenvalue weighted by Gasteiger charge is -2.10. The van der Waals surface area contributed by atoms with Gasteiger partial charge in [-0.1, -0.05) is 0 Å². The molecule has 0 aromatic heterocycles. The van der Waals surface area contributed by atoms with E-state index in [2.05, 4.69) is 26.6 Å². The number of esters is 1. The van der Waals surface area contributed by atoms with Crippen LogP contribution in [0.4, 0.5) is 0 Å². The molecule has 0 aliphatic heterocycles. The van der Waals surface area contributed by atoms with Gasteiger partial charge in [0, 0.05) is 6.04 Å². The molecule has 0 saturated heterocycles. The molecule has 0 atom stereocenters. The van der Waals surface area contributed by atoms with E-state index in [0.29, 0.717) is 10.2 Å². The smallest absolute Gasteiger partial charge is 0.338 e. The molecule has 2 N–H and O–H groups in total. The van der Waals surface area contributed by atoms with E-state index in [1.807, 2.05) is 13.8 Å². The molecule has 1 rings (SSSR count). The van der Waals surface area contributed by atoms with E-state index < -0.39 is 18.5 Å². The minimum absolute atomic E-state index is 0.00857. The Bertz CT molecular complexity index is 589. The second-order valence-electron chi connectivity index (χ2n) is 4.92. The predicted molar refractivity (Wildman–Crippen MR) is 87.3 cm³/mol. The Labute approximate surface area is 142 Å². The highest BCUT2D eigenvalue weighted by molar-refractivity contribution is 9.10. The molecule has 2 amide bonds. The maximum Gasteiger partial charge on any atom is 0.338 e. The van der Waals surface area contributed by atoms with Gasteiger partial charge in [0.2, 0.25) is 5.91 Å². The fraction of sp³-hybridized carbons (Fsp3) is 0.400. The topological polar surface area (TPSA) is 93.7 Å². The minimum Gasteiger partial charge on any atom is -0.496 e. The first kappa shape index (κ1) is 19.0. The Kier molecular flexibility index (Phi) is 7.53. The van der Waals surface area contributed by atoms with Crippen molar-refractivity contribution in [1.82, 2.24) is 10.6 Å². The van der Waals surface area contributed by atoms with Gasteiger partial charge in [-0.15, -0.1) is 0 Å². The van der Waals surface area contributed by atoms with Crippen LogP contribution in [0.1, 0.15) is 24.2 Å².